The third-order valence-corrected chi connectivity index (χ3v) is 6.47. The number of hydrogen-bond donors (Lipinski definition) is 1. The molecule has 1 aliphatic rings. The molecule has 190 valence electrons. The second-order valence-electron chi connectivity index (χ2n) is 8.91. The first-order chi connectivity index (χ1) is 16.9. The molecule has 0 radical (unpaired) electrons. The standard InChI is InChI=1S/C28H38N2O5/c1-5-8-9-18-34-22-13-10-12-21(19-22)25-24(26(31)23-15-14-20(4)35-23)27(32)28(33)30(25)17-11-16-29(6-2)7-3/h10,12-15,19,25,32H,5-9,11,16-18H2,1-4H3. The minimum Gasteiger partial charge on any atom is -0.503 e. The number of benzene rings is 1. The summed E-state index contributed by atoms with van der Waals surface area (Å²) in [6.07, 6.45) is 3.89. The summed E-state index contributed by atoms with van der Waals surface area (Å²) in [5, 5.41) is 10.9. The van der Waals surface area contributed by atoms with Crippen molar-refractivity contribution in [2.75, 3.05) is 32.8 Å². The Morgan fingerprint density at radius 2 is 1.89 bits per heavy atom. The highest BCUT2D eigenvalue weighted by atomic mass is 16.5. The summed E-state index contributed by atoms with van der Waals surface area (Å²) in [5.41, 5.74) is 0.778. The Hall–Kier alpha value is -3.06. The van der Waals surface area contributed by atoms with E-state index in [9.17, 15) is 14.7 Å². The largest absolute Gasteiger partial charge is 0.503 e. The second-order valence-corrected chi connectivity index (χ2v) is 8.91. The van der Waals surface area contributed by atoms with E-state index in [1.54, 1.807) is 24.0 Å². The normalized spacial score (nSPS) is 16.0. The number of furan rings is 1. The molecule has 1 amide bonds. The van der Waals surface area contributed by atoms with Crippen molar-refractivity contribution in [2.24, 2.45) is 0 Å². The van der Waals surface area contributed by atoms with Gasteiger partial charge in [0.05, 0.1) is 18.2 Å². The number of Topliss-reactive ketones (excluding diaryl/α,β-unsaturated/α-hetero) is 1. The van der Waals surface area contributed by atoms with Crippen molar-refractivity contribution in [3.63, 3.8) is 0 Å². The molecular formula is C28H38N2O5. The minimum atomic E-state index is -0.712. The topological polar surface area (TPSA) is 83.2 Å². The molecule has 2 aromatic rings. The van der Waals surface area contributed by atoms with Gasteiger partial charge in [-0.1, -0.05) is 45.7 Å². The van der Waals surface area contributed by atoms with Crippen molar-refractivity contribution >= 4 is 11.7 Å². The van der Waals surface area contributed by atoms with Gasteiger partial charge in [-0.3, -0.25) is 9.59 Å². The minimum absolute atomic E-state index is 0.0512. The van der Waals surface area contributed by atoms with Crippen molar-refractivity contribution < 1.29 is 23.8 Å². The monoisotopic (exact) mass is 482 g/mol. The summed E-state index contributed by atoms with van der Waals surface area (Å²) in [5.74, 6) is -0.135. The van der Waals surface area contributed by atoms with Crippen LogP contribution in [0, 0.1) is 6.92 Å². The number of aryl methyl sites for hydroxylation is 1. The molecule has 3 rings (SSSR count). The van der Waals surface area contributed by atoms with Gasteiger partial charge >= 0.3 is 0 Å². The number of ether oxygens (including phenoxy) is 1. The van der Waals surface area contributed by atoms with E-state index in [0.29, 0.717) is 24.7 Å². The molecule has 1 unspecified atom stereocenters. The molecule has 1 N–H and O–H groups in total. The predicted molar refractivity (Wildman–Crippen MR) is 136 cm³/mol. The van der Waals surface area contributed by atoms with Gasteiger partial charge in [-0.2, -0.15) is 0 Å². The molecule has 1 aromatic carbocycles. The molecule has 1 aliphatic heterocycles. The highest BCUT2D eigenvalue weighted by molar-refractivity contribution is 6.15. The Kier molecular flexibility index (Phi) is 9.55. The first-order valence-corrected chi connectivity index (χ1v) is 12.7. The van der Waals surface area contributed by atoms with Crippen molar-refractivity contribution in [3.05, 3.63) is 64.8 Å². The maximum Gasteiger partial charge on any atom is 0.290 e. The molecule has 0 saturated heterocycles. The maximum atomic E-state index is 13.4. The van der Waals surface area contributed by atoms with E-state index in [2.05, 4.69) is 25.7 Å². The average molecular weight is 483 g/mol. The lowest BCUT2D eigenvalue weighted by molar-refractivity contribution is -0.129. The van der Waals surface area contributed by atoms with E-state index >= 15 is 0 Å². The fourth-order valence-electron chi connectivity index (χ4n) is 4.47. The summed E-state index contributed by atoms with van der Waals surface area (Å²) >= 11 is 0. The molecule has 0 spiro atoms. The van der Waals surface area contributed by atoms with Gasteiger partial charge in [0.2, 0.25) is 5.78 Å². The number of hydrogen-bond acceptors (Lipinski definition) is 6. The van der Waals surface area contributed by atoms with Crippen molar-refractivity contribution in [3.8, 4) is 5.75 Å². The molecule has 7 heteroatoms. The third-order valence-electron chi connectivity index (χ3n) is 6.47. The van der Waals surface area contributed by atoms with E-state index in [-0.39, 0.29) is 11.3 Å². The van der Waals surface area contributed by atoms with Crippen LogP contribution in [0.2, 0.25) is 0 Å². The lowest BCUT2D eigenvalue weighted by atomic mass is 9.95. The fraction of sp³-hybridized carbons (Fsp3) is 0.500. The summed E-state index contributed by atoms with van der Waals surface area (Å²) in [6, 6.07) is 10.0. The van der Waals surface area contributed by atoms with E-state index in [1.165, 1.54) is 0 Å². The maximum absolute atomic E-state index is 13.4. The first-order valence-electron chi connectivity index (χ1n) is 12.7. The summed E-state index contributed by atoms with van der Waals surface area (Å²) < 4.78 is 11.5. The number of unbranched alkanes of at least 4 members (excludes halogenated alkanes) is 2. The Labute approximate surface area is 208 Å². The first kappa shape index (κ1) is 26.5. The number of carbonyl (C=O) groups excluding carboxylic acids is 2. The van der Waals surface area contributed by atoms with Crippen LogP contribution in [0.5, 0.6) is 5.75 Å². The molecule has 35 heavy (non-hydrogen) atoms. The van der Waals surface area contributed by atoms with E-state index in [4.69, 9.17) is 9.15 Å². The summed E-state index contributed by atoms with van der Waals surface area (Å²) in [4.78, 5) is 30.5. The molecule has 0 bridgehead atoms. The van der Waals surface area contributed by atoms with Gasteiger partial charge in [0.15, 0.2) is 11.5 Å². The van der Waals surface area contributed by atoms with Crippen LogP contribution in [0.15, 0.2) is 52.1 Å². The van der Waals surface area contributed by atoms with Crippen molar-refractivity contribution in [2.45, 2.75) is 59.4 Å². The number of aliphatic hydroxyl groups excluding tert-OH is 1. The number of carbonyl (C=O) groups is 2. The molecule has 0 saturated carbocycles. The van der Waals surface area contributed by atoms with E-state index in [1.807, 2.05) is 24.3 Å². The second kappa shape index (κ2) is 12.6. The number of aliphatic hydroxyl groups is 1. The van der Waals surface area contributed by atoms with Crippen molar-refractivity contribution in [1.82, 2.24) is 9.80 Å². The quantitative estimate of drug-likeness (QED) is 0.284. The van der Waals surface area contributed by atoms with Gasteiger partial charge in [0, 0.05) is 6.54 Å². The third kappa shape index (κ3) is 6.34. The number of ketones is 1. The molecule has 7 nitrogen and oxygen atoms in total. The Morgan fingerprint density at radius 1 is 1.11 bits per heavy atom. The zero-order valence-electron chi connectivity index (χ0n) is 21.4. The highest BCUT2D eigenvalue weighted by Gasteiger charge is 2.44. The smallest absolute Gasteiger partial charge is 0.290 e. The van der Waals surface area contributed by atoms with Gasteiger partial charge < -0.3 is 24.1 Å². The Morgan fingerprint density at radius 3 is 2.54 bits per heavy atom. The van der Waals surface area contributed by atoms with Crippen LogP contribution in [0.1, 0.15) is 74.4 Å². The zero-order valence-corrected chi connectivity index (χ0v) is 21.4. The highest BCUT2D eigenvalue weighted by Crippen LogP contribution is 2.40. The van der Waals surface area contributed by atoms with Crippen LogP contribution in [-0.2, 0) is 4.79 Å². The lowest BCUT2D eigenvalue weighted by Crippen LogP contribution is -2.34. The van der Waals surface area contributed by atoms with Gasteiger partial charge in [-0.15, -0.1) is 0 Å². The molecule has 1 aromatic heterocycles. The Bertz CT molecular complexity index is 1040. The van der Waals surface area contributed by atoms with Gasteiger partial charge in [-0.25, -0.2) is 0 Å². The lowest BCUT2D eigenvalue weighted by Gasteiger charge is -2.28. The number of rotatable bonds is 14. The van der Waals surface area contributed by atoms with Crippen LogP contribution < -0.4 is 4.74 Å². The fourth-order valence-corrected chi connectivity index (χ4v) is 4.47. The van der Waals surface area contributed by atoms with Gasteiger partial charge in [0.1, 0.15) is 11.5 Å². The van der Waals surface area contributed by atoms with Crippen LogP contribution in [0.4, 0.5) is 0 Å². The zero-order chi connectivity index (χ0) is 25.4. The number of nitrogens with zero attached hydrogens (tertiary/aromatic N) is 2. The van der Waals surface area contributed by atoms with Crippen LogP contribution >= 0.6 is 0 Å². The van der Waals surface area contributed by atoms with Crippen LogP contribution in [-0.4, -0.2) is 59.4 Å². The van der Waals surface area contributed by atoms with Gasteiger partial charge in [0.25, 0.3) is 5.91 Å². The molecule has 0 fully saturated rings. The SMILES string of the molecule is CCCCCOc1cccc(C2C(C(=O)c3ccc(C)o3)=C(O)C(=O)N2CCCN(CC)CC)c1. The predicted octanol–water partition coefficient (Wildman–Crippen LogP) is 5.47. The van der Waals surface area contributed by atoms with Crippen LogP contribution in [0.3, 0.4) is 0 Å². The molecular weight excluding hydrogens is 444 g/mol. The van der Waals surface area contributed by atoms with E-state index in [0.717, 1.165) is 50.9 Å². The van der Waals surface area contributed by atoms with E-state index < -0.39 is 23.5 Å². The molecule has 2 heterocycles. The Balaban J connectivity index is 1.91. The number of amides is 1. The van der Waals surface area contributed by atoms with Crippen LogP contribution in [0.25, 0.3) is 0 Å². The molecule has 1 atom stereocenters. The summed E-state index contributed by atoms with van der Waals surface area (Å²) in [6.45, 7) is 11.8. The molecule has 0 aliphatic carbocycles. The summed E-state index contributed by atoms with van der Waals surface area (Å²) in [7, 11) is 0. The van der Waals surface area contributed by atoms with Gasteiger partial charge in [-0.05, 0) is 69.2 Å². The average Bonchev–Trinajstić information content (AvgIpc) is 3.41. The van der Waals surface area contributed by atoms with Crippen molar-refractivity contribution in [1.29, 1.82) is 0 Å².